The van der Waals surface area contributed by atoms with Gasteiger partial charge in [0.05, 0.1) is 29.9 Å². The Morgan fingerprint density at radius 1 is 0.844 bits per heavy atom. The van der Waals surface area contributed by atoms with E-state index in [1.807, 2.05) is 23.9 Å². The summed E-state index contributed by atoms with van der Waals surface area (Å²) in [4.78, 5) is 13.2. The first-order valence-corrected chi connectivity index (χ1v) is 14.9. The molecule has 4 aliphatic carbocycles. The molecule has 0 aromatic heterocycles. The number of sulfonamides is 2. The van der Waals surface area contributed by atoms with Gasteiger partial charge in [-0.3, -0.25) is 9.80 Å². The van der Waals surface area contributed by atoms with Crippen LogP contribution in [-0.2, 0) is 24.8 Å². The molecule has 10 heteroatoms. The summed E-state index contributed by atoms with van der Waals surface area (Å²) in [6.07, 6.45) is 7.89. The van der Waals surface area contributed by atoms with Gasteiger partial charge < -0.3 is 0 Å². The van der Waals surface area contributed by atoms with E-state index in [0.717, 1.165) is 30.0 Å². The maximum Gasteiger partial charge on any atom is 0.268 e. The molecule has 0 unspecified atom stereocenters. The van der Waals surface area contributed by atoms with Crippen molar-refractivity contribution in [2.75, 3.05) is 21.2 Å². The summed E-state index contributed by atoms with van der Waals surface area (Å²) in [5.41, 5.74) is 0.113. The Hall–Kier alpha value is -1.81. The first-order valence-electron chi connectivity index (χ1n) is 11.2. The van der Waals surface area contributed by atoms with Crippen molar-refractivity contribution in [1.29, 1.82) is 0 Å². The summed E-state index contributed by atoms with van der Waals surface area (Å²) in [6.45, 7) is 3.80. The number of hydrogen-bond acceptors (Lipinski definition) is 6. The van der Waals surface area contributed by atoms with Gasteiger partial charge in [-0.05, 0) is 93.9 Å². The van der Waals surface area contributed by atoms with E-state index in [1.165, 1.54) is 44.2 Å². The lowest BCUT2D eigenvalue weighted by molar-refractivity contribution is -0.170. The molecule has 1 aromatic rings. The van der Waals surface area contributed by atoms with Crippen molar-refractivity contribution in [3.8, 4) is 0 Å². The van der Waals surface area contributed by atoms with E-state index < -0.39 is 25.6 Å². The summed E-state index contributed by atoms with van der Waals surface area (Å²) < 4.78 is 48.8. The molecule has 1 aromatic carbocycles. The molecular weight excluding hydrogens is 450 g/mol. The number of carbonyl (C=O) groups is 1. The molecule has 5 fully saturated rings. The van der Waals surface area contributed by atoms with Crippen LogP contribution in [-0.4, -0.2) is 51.8 Å². The monoisotopic (exact) mass is 481 g/mol. The molecule has 1 amide bonds. The lowest BCUT2D eigenvalue weighted by atomic mass is 9.53. The molecule has 1 aliphatic heterocycles. The van der Waals surface area contributed by atoms with E-state index in [2.05, 4.69) is 0 Å². The lowest BCUT2D eigenvalue weighted by Crippen LogP contribution is -2.80. The molecule has 176 valence electrons. The number of amides is 1. The fourth-order valence-corrected chi connectivity index (χ4v) is 10.0. The zero-order valence-corrected chi connectivity index (χ0v) is 20.6. The first kappa shape index (κ1) is 22.0. The quantitative estimate of drug-likeness (QED) is 0.642. The van der Waals surface area contributed by atoms with Crippen LogP contribution in [0.25, 0.3) is 0 Å². The van der Waals surface area contributed by atoms with Gasteiger partial charge in [0.25, 0.3) is 5.91 Å². The minimum Gasteiger partial charge on any atom is -0.270 e. The van der Waals surface area contributed by atoms with Gasteiger partial charge in [0.1, 0.15) is 5.54 Å². The van der Waals surface area contributed by atoms with Crippen molar-refractivity contribution < 1.29 is 21.6 Å². The van der Waals surface area contributed by atoms with Crippen LogP contribution in [0.1, 0.15) is 46.0 Å². The topological polar surface area (TPSA) is 95.1 Å². The second-order valence-electron chi connectivity index (χ2n) is 10.7. The van der Waals surface area contributed by atoms with Gasteiger partial charge in [-0.15, -0.1) is 0 Å². The molecule has 32 heavy (non-hydrogen) atoms. The summed E-state index contributed by atoms with van der Waals surface area (Å²) in [6, 6.07) is 6.61. The van der Waals surface area contributed by atoms with Gasteiger partial charge in [-0.2, -0.15) is 3.71 Å². The molecule has 6 rings (SSSR count). The smallest absolute Gasteiger partial charge is 0.268 e. The van der Waals surface area contributed by atoms with E-state index in [0.29, 0.717) is 15.5 Å². The van der Waals surface area contributed by atoms with Gasteiger partial charge in [0.2, 0.25) is 20.0 Å². The molecule has 0 spiro atoms. The Morgan fingerprint density at radius 3 is 1.75 bits per heavy atom. The molecule has 4 saturated carbocycles. The third-order valence-corrected chi connectivity index (χ3v) is 11.1. The number of benzene rings is 1. The fraction of sp³-hybridized carbons (Fsp3) is 0.682. The molecule has 8 nitrogen and oxygen atoms in total. The Balaban J connectivity index is 1.47. The Bertz CT molecular complexity index is 1100. The van der Waals surface area contributed by atoms with E-state index in [-0.39, 0.29) is 17.6 Å². The van der Waals surface area contributed by atoms with Gasteiger partial charge in [0.15, 0.2) is 0 Å². The third-order valence-electron chi connectivity index (χ3n) is 7.84. The summed E-state index contributed by atoms with van der Waals surface area (Å²) in [7, 11) is -8.01. The number of carbonyl (C=O) groups excluding carboxylic acids is 1. The highest BCUT2D eigenvalue weighted by Gasteiger charge is 2.61. The molecule has 0 N–H and O–H groups in total. The molecule has 1 saturated heterocycles. The largest absolute Gasteiger partial charge is 0.270 e. The predicted molar refractivity (Wildman–Crippen MR) is 123 cm³/mol. The first-order chi connectivity index (χ1) is 14.8. The van der Waals surface area contributed by atoms with Crippen molar-refractivity contribution in [2.45, 2.75) is 57.5 Å². The Labute approximate surface area is 190 Å². The summed E-state index contributed by atoms with van der Waals surface area (Å²) in [5.74, 6) is 2.82. The highest BCUT2D eigenvalue weighted by molar-refractivity contribution is 8.09. The standard InChI is InChI=1S/C22H31N3O5S2/c1-22(2)21(26)23(20-16-10-14-9-15(12-16)13-17(20)11-14)24(22)18-5-7-19(8-6-18)25(31(3,27)28)32(4,29)30/h5-8,14-17,20H,9-13H2,1-4H3. The van der Waals surface area contributed by atoms with Crippen LogP contribution >= 0.6 is 0 Å². The summed E-state index contributed by atoms with van der Waals surface area (Å²) >= 11 is 0. The van der Waals surface area contributed by atoms with E-state index in [4.69, 9.17) is 0 Å². The van der Waals surface area contributed by atoms with Crippen molar-refractivity contribution in [3.63, 3.8) is 0 Å². The molecular formula is C22H31N3O5S2. The minimum absolute atomic E-state index is 0.0598. The van der Waals surface area contributed by atoms with Crippen LogP contribution in [0.2, 0.25) is 0 Å². The summed E-state index contributed by atoms with van der Waals surface area (Å²) in [5, 5.41) is 3.98. The van der Waals surface area contributed by atoms with Crippen molar-refractivity contribution in [3.05, 3.63) is 24.3 Å². The molecule has 4 bridgehead atoms. The Kier molecular flexibility index (Phi) is 4.71. The van der Waals surface area contributed by atoms with Crippen LogP contribution in [0, 0.1) is 23.7 Å². The molecule has 0 atom stereocenters. The fourth-order valence-electron chi connectivity index (χ4n) is 7.04. The number of hydrogen-bond donors (Lipinski definition) is 0. The number of anilines is 2. The van der Waals surface area contributed by atoms with Crippen LogP contribution in [0.5, 0.6) is 0 Å². The highest BCUT2D eigenvalue weighted by Crippen LogP contribution is 2.57. The van der Waals surface area contributed by atoms with Crippen LogP contribution in [0.3, 0.4) is 0 Å². The van der Waals surface area contributed by atoms with Crippen molar-refractivity contribution >= 4 is 37.3 Å². The molecule has 1 heterocycles. The SMILES string of the molecule is CC1(C)C(=O)N(C2C3CC4CC(C3)CC2C4)N1c1ccc(N(S(C)(=O)=O)S(C)(=O)=O)cc1. The van der Waals surface area contributed by atoms with E-state index in [1.54, 1.807) is 12.1 Å². The van der Waals surface area contributed by atoms with Crippen molar-refractivity contribution in [1.82, 2.24) is 5.01 Å². The molecule has 0 radical (unpaired) electrons. The lowest BCUT2D eigenvalue weighted by Gasteiger charge is -2.65. The van der Waals surface area contributed by atoms with E-state index >= 15 is 0 Å². The molecule has 5 aliphatic rings. The number of rotatable bonds is 5. The van der Waals surface area contributed by atoms with Crippen LogP contribution < -0.4 is 8.72 Å². The van der Waals surface area contributed by atoms with Gasteiger partial charge in [0, 0.05) is 0 Å². The highest BCUT2D eigenvalue weighted by atomic mass is 32.3. The average Bonchev–Trinajstić information content (AvgIpc) is 2.64. The van der Waals surface area contributed by atoms with Crippen molar-refractivity contribution in [2.24, 2.45) is 23.7 Å². The zero-order chi connectivity index (χ0) is 23.2. The number of nitrogens with zero attached hydrogens (tertiary/aromatic N) is 3. The van der Waals surface area contributed by atoms with E-state index in [9.17, 15) is 21.6 Å². The van der Waals surface area contributed by atoms with Gasteiger partial charge in [-0.1, -0.05) is 0 Å². The van der Waals surface area contributed by atoms with Gasteiger partial charge in [-0.25, -0.2) is 21.8 Å². The zero-order valence-electron chi connectivity index (χ0n) is 18.9. The second-order valence-corrected chi connectivity index (χ2v) is 14.6. The Morgan fingerprint density at radius 2 is 1.31 bits per heavy atom. The predicted octanol–water partition coefficient (Wildman–Crippen LogP) is 2.58. The minimum atomic E-state index is -4.00. The maximum atomic E-state index is 13.2. The third kappa shape index (κ3) is 3.24. The number of hydrazine groups is 1. The normalized spacial score (nSPS) is 33.4. The average molecular weight is 482 g/mol. The van der Waals surface area contributed by atoms with Crippen LogP contribution in [0.15, 0.2) is 24.3 Å². The van der Waals surface area contributed by atoms with Crippen LogP contribution in [0.4, 0.5) is 11.4 Å². The second kappa shape index (κ2) is 6.85. The maximum absolute atomic E-state index is 13.2. The van der Waals surface area contributed by atoms with Gasteiger partial charge >= 0.3 is 0 Å².